The third-order valence-electron chi connectivity index (χ3n) is 20.2. The van der Waals surface area contributed by atoms with Crippen LogP contribution in [0.25, 0.3) is 94.2 Å². The van der Waals surface area contributed by atoms with Crippen LogP contribution < -0.4 is 4.90 Å². The zero-order valence-corrected chi connectivity index (χ0v) is 62.0. The fourth-order valence-corrected chi connectivity index (χ4v) is 14.7. The fourth-order valence-electron chi connectivity index (χ4n) is 14.2. The lowest BCUT2D eigenvalue weighted by atomic mass is 9.83. The number of para-hydroxylation sites is 1. The van der Waals surface area contributed by atoms with Gasteiger partial charge in [-0.2, -0.15) is 32.4 Å². The standard InChI is InChI=1S/C95H81F3N6S/c1-91(2,3)71-38-25-66(26-39-71)87(67-27-40-72(41-28-67)92(4,5)6)82(58-99)64-21-17-60(18-22-64)62-33-48-76(49-34-62)103(86-56-54-79(89-90(86)102-105-101-89)70-37-55-85-81(57-70)80-15-13-14-16-84(80)104(85)78-52-46-75(47-53-78)95(96,97)98)77-50-35-63(36-51-77)61-19-23-65(24-20-61)83(59-100)88(68-29-42-73(43-30-68)93(7,8)9)69-31-44-74(45-32-69)94(10,11)12/h13-57H,1-12H3. The molecule has 12 aromatic carbocycles. The Morgan fingerprint density at radius 2 is 0.695 bits per heavy atom. The Labute approximate surface area is 618 Å². The molecule has 0 saturated carbocycles. The van der Waals surface area contributed by atoms with Gasteiger partial charge in [-0.15, -0.1) is 0 Å². The molecule has 14 aromatic rings. The Bertz CT molecular complexity index is 5370. The predicted octanol–water partition coefficient (Wildman–Crippen LogP) is 26.4. The number of allylic oxidation sites excluding steroid dienone is 2. The van der Waals surface area contributed by atoms with Crippen LogP contribution in [0.15, 0.2) is 273 Å². The summed E-state index contributed by atoms with van der Waals surface area (Å²) in [5.41, 5.74) is 24.7. The summed E-state index contributed by atoms with van der Waals surface area (Å²) in [6, 6.07) is 97.1. The van der Waals surface area contributed by atoms with E-state index in [0.717, 1.165) is 146 Å². The monoisotopic (exact) mass is 1390 g/mol. The van der Waals surface area contributed by atoms with Gasteiger partial charge in [-0.3, -0.25) is 0 Å². The molecule has 0 aliphatic rings. The molecule has 105 heavy (non-hydrogen) atoms. The van der Waals surface area contributed by atoms with E-state index in [0.29, 0.717) is 22.4 Å². The van der Waals surface area contributed by atoms with E-state index in [1.807, 2.05) is 41.0 Å². The van der Waals surface area contributed by atoms with Crippen molar-refractivity contribution in [3.8, 4) is 51.2 Å². The van der Waals surface area contributed by atoms with E-state index in [1.54, 1.807) is 0 Å². The molecule has 2 heterocycles. The molecule has 0 spiro atoms. The van der Waals surface area contributed by atoms with E-state index >= 15 is 0 Å². The molecule has 14 rings (SSSR count). The maximum absolute atomic E-state index is 13.8. The van der Waals surface area contributed by atoms with E-state index in [-0.39, 0.29) is 21.7 Å². The Balaban J connectivity index is 0.838. The fraction of sp³-hybridized carbons (Fsp3) is 0.179. The molecule has 2 aromatic heterocycles. The zero-order valence-electron chi connectivity index (χ0n) is 61.2. The van der Waals surface area contributed by atoms with Gasteiger partial charge in [-0.1, -0.05) is 277 Å². The van der Waals surface area contributed by atoms with Crippen molar-refractivity contribution < 1.29 is 13.2 Å². The molecule has 6 nitrogen and oxygen atoms in total. The predicted molar refractivity (Wildman–Crippen MR) is 431 cm³/mol. The van der Waals surface area contributed by atoms with E-state index in [2.05, 4.69) is 312 Å². The van der Waals surface area contributed by atoms with Crippen molar-refractivity contribution >= 4 is 83.9 Å². The molecule has 0 atom stereocenters. The molecule has 0 N–H and O–H groups in total. The average molecular weight is 1400 g/mol. The van der Waals surface area contributed by atoms with E-state index in [4.69, 9.17) is 8.75 Å². The summed E-state index contributed by atoms with van der Waals surface area (Å²) in [6.07, 6.45) is -4.46. The Morgan fingerprint density at radius 1 is 0.352 bits per heavy atom. The lowest BCUT2D eigenvalue weighted by Crippen LogP contribution is -2.11. The molecule has 0 unspecified atom stereocenters. The van der Waals surface area contributed by atoms with Gasteiger partial charge in [0.1, 0.15) is 23.2 Å². The highest BCUT2D eigenvalue weighted by Crippen LogP contribution is 2.46. The first kappa shape index (κ1) is 70.4. The summed E-state index contributed by atoms with van der Waals surface area (Å²) < 4.78 is 53.4. The Morgan fingerprint density at radius 3 is 1.08 bits per heavy atom. The van der Waals surface area contributed by atoms with Crippen molar-refractivity contribution in [2.24, 2.45) is 0 Å². The molecule has 0 aliphatic heterocycles. The number of alkyl halides is 3. The molecule has 0 bridgehead atoms. The summed E-state index contributed by atoms with van der Waals surface area (Å²) in [5, 5.41) is 24.2. The molecule has 0 amide bonds. The molecule has 518 valence electrons. The third kappa shape index (κ3) is 14.1. The highest BCUT2D eigenvalue weighted by molar-refractivity contribution is 7.00. The molecule has 10 heteroatoms. The van der Waals surface area contributed by atoms with Crippen molar-refractivity contribution in [2.75, 3.05) is 4.90 Å². The largest absolute Gasteiger partial charge is 0.416 e. The normalized spacial score (nSPS) is 12.1. The minimum Gasteiger partial charge on any atom is -0.309 e. The summed E-state index contributed by atoms with van der Waals surface area (Å²) >= 11 is 1.15. The van der Waals surface area contributed by atoms with Gasteiger partial charge in [0.15, 0.2) is 0 Å². The topological polar surface area (TPSA) is 81.5 Å². The van der Waals surface area contributed by atoms with Crippen molar-refractivity contribution in [3.05, 3.63) is 334 Å². The quantitative estimate of drug-likeness (QED) is 0.0849. The maximum atomic E-state index is 13.8. The van der Waals surface area contributed by atoms with Gasteiger partial charge in [0, 0.05) is 44.5 Å². The summed E-state index contributed by atoms with van der Waals surface area (Å²) in [5.74, 6) is 0. The van der Waals surface area contributed by atoms with E-state index in [1.165, 1.54) is 34.4 Å². The second kappa shape index (κ2) is 27.5. The zero-order chi connectivity index (χ0) is 73.9. The SMILES string of the molecule is CC(C)(C)c1ccc(C(=C(C#N)c2ccc(-c3ccc(N(c4ccc(-c5ccc(C(C#N)=C(c6ccc(C(C)(C)C)cc6)c6ccc(C(C)(C)C)cc6)cc5)cc4)c4ccc(-c5ccc6c(c5)c5ccccc5n6-c5ccc(C(F)(F)F)cc5)c5nsnc45)cc3)cc2)c2ccc(C(C)(C)C)cc2)cc1. The molecular formula is C95H81F3N6S. The molecule has 0 radical (unpaired) electrons. The van der Waals surface area contributed by atoms with E-state index < -0.39 is 11.7 Å². The van der Waals surface area contributed by atoms with Crippen molar-refractivity contribution in [3.63, 3.8) is 0 Å². The minimum atomic E-state index is -4.46. The number of halogens is 3. The van der Waals surface area contributed by atoms with Crippen molar-refractivity contribution in [2.45, 2.75) is 111 Å². The summed E-state index contributed by atoms with van der Waals surface area (Å²) in [4.78, 5) is 2.22. The Kier molecular flexibility index (Phi) is 18.4. The molecular weight excluding hydrogens is 1310 g/mol. The van der Waals surface area contributed by atoms with Crippen molar-refractivity contribution in [1.82, 2.24) is 13.3 Å². The number of aromatic nitrogens is 3. The molecule has 0 aliphatic carbocycles. The van der Waals surface area contributed by atoms with Crippen LogP contribution >= 0.6 is 11.7 Å². The number of hydrogen-bond donors (Lipinski definition) is 0. The van der Waals surface area contributed by atoms with Gasteiger partial charge < -0.3 is 9.47 Å². The van der Waals surface area contributed by atoms with Crippen LogP contribution in [-0.2, 0) is 27.8 Å². The highest BCUT2D eigenvalue weighted by Gasteiger charge is 2.31. The third-order valence-corrected chi connectivity index (χ3v) is 20.7. The van der Waals surface area contributed by atoms with Crippen LogP contribution in [0.5, 0.6) is 0 Å². The van der Waals surface area contributed by atoms with E-state index in [9.17, 15) is 23.7 Å². The maximum Gasteiger partial charge on any atom is 0.416 e. The summed E-state index contributed by atoms with van der Waals surface area (Å²) in [7, 11) is 0. The highest BCUT2D eigenvalue weighted by atomic mass is 32.1. The number of hydrogen-bond acceptors (Lipinski definition) is 6. The van der Waals surface area contributed by atoms with Crippen LogP contribution in [0.2, 0.25) is 0 Å². The van der Waals surface area contributed by atoms with Crippen LogP contribution in [0.4, 0.5) is 30.2 Å². The van der Waals surface area contributed by atoms with Crippen LogP contribution in [0.3, 0.4) is 0 Å². The second-order valence-electron chi connectivity index (χ2n) is 31.3. The Hall–Kier alpha value is -11.7. The molecule has 0 fully saturated rings. The first-order valence-corrected chi connectivity index (χ1v) is 36.3. The smallest absolute Gasteiger partial charge is 0.309 e. The van der Waals surface area contributed by atoms with Gasteiger partial charge in [0.05, 0.1) is 45.2 Å². The second-order valence-corrected chi connectivity index (χ2v) is 31.9. The van der Waals surface area contributed by atoms with Crippen molar-refractivity contribution in [1.29, 1.82) is 10.5 Å². The van der Waals surface area contributed by atoms with Crippen LogP contribution in [0.1, 0.15) is 144 Å². The van der Waals surface area contributed by atoms with Gasteiger partial charge in [0.2, 0.25) is 0 Å². The number of rotatable bonds is 13. The van der Waals surface area contributed by atoms with Gasteiger partial charge >= 0.3 is 6.18 Å². The summed E-state index contributed by atoms with van der Waals surface area (Å²) in [6.45, 7) is 26.5. The lowest BCUT2D eigenvalue weighted by molar-refractivity contribution is -0.137. The van der Waals surface area contributed by atoms with Gasteiger partial charge in [-0.25, -0.2) is 0 Å². The minimum absolute atomic E-state index is 0.0325. The first-order valence-electron chi connectivity index (χ1n) is 35.5. The number of nitriles is 2. The number of benzene rings is 12. The van der Waals surface area contributed by atoms with Crippen LogP contribution in [0, 0.1) is 22.7 Å². The lowest BCUT2D eigenvalue weighted by Gasteiger charge is -2.26. The van der Waals surface area contributed by atoms with Crippen LogP contribution in [-0.4, -0.2) is 13.3 Å². The van der Waals surface area contributed by atoms with Gasteiger partial charge in [-0.05, 0) is 184 Å². The first-order chi connectivity index (χ1) is 50.1. The average Bonchev–Trinajstić information content (AvgIpc) is 1.59. The number of anilines is 3. The number of fused-ring (bicyclic) bond motifs is 4. The molecule has 0 saturated heterocycles. The number of nitrogens with zero attached hydrogens (tertiary/aromatic N) is 6. The van der Waals surface area contributed by atoms with Gasteiger partial charge in [0.25, 0.3) is 0 Å².